The highest BCUT2D eigenvalue weighted by Crippen LogP contribution is 2.37. The minimum absolute atomic E-state index is 0.133. The number of hydrogen-bond donors (Lipinski definition) is 0. The van der Waals surface area contributed by atoms with Crippen molar-refractivity contribution < 1.29 is 14.3 Å². The van der Waals surface area contributed by atoms with Gasteiger partial charge in [-0.3, -0.25) is 4.79 Å². The number of ketones is 1. The molecule has 152 valence electrons. The third kappa shape index (κ3) is 2.49. The standard InChI is InChI=1S/C26H20N2O3/c1-31-26(30)23-13-18-17-9-5-6-10-20(17)27(15-16-7-3-2-4-8-16)25(18)22-14-19-21(28(22)23)11-12-24(19)29/h2-10,13-14H,11-12,15H2,1H3. The molecule has 1 aliphatic carbocycles. The number of benzene rings is 2. The van der Waals surface area contributed by atoms with Gasteiger partial charge in [-0.25, -0.2) is 4.79 Å². The number of Topliss-reactive ketones (excluding diaryl/α,β-unsaturated/α-hetero) is 1. The van der Waals surface area contributed by atoms with Crippen LogP contribution in [0.15, 0.2) is 66.7 Å². The molecule has 0 saturated carbocycles. The van der Waals surface area contributed by atoms with E-state index < -0.39 is 5.97 Å². The fourth-order valence-electron chi connectivity index (χ4n) is 4.99. The Kier molecular flexibility index (Phi) is 3.81. The molecule has 0 bridgehead atoms. The summed E-state index contributed by atoms with van der Waals surface area (Å²) >= 11 is 0. The average Bonchev–Trinajstić information content (AvgIpc) is 3.45. The molecule has 0 saturated heterocycles. The highest BCUT2D eigenvalue weighted by atomic mass is 16.5. The molecule has 0 fully saturated rings. The lowest BCUT2D eigenvalue weighted by atomic mass is 10.1. The first kappa shape index (κ1) is 18.0. The number of para-hydroxylation sites is 1. The number of ether oxygens (including phenoxy) is 1. The highest BCUT2D eigenvalue weighted by Gasteiger charge is 2.29. The molecule has 3 aromatic heterocycles. The molecular weight excluding hydrogens is 388 g/mol. The molecule has 31 heavy (non-hydrogen) atoms. The van der Waals surface area contributed by atoms with E-state index in [2.05, 4.69) is 28.8 Å². The van der Waals surface area contributed by atoms with E-state index in [1.165, 1.54) is 12.7 Å². The van der Waals surface area contributed by atoms with E-state index >= 15 is 0 Å². The summed E-state index contributed by atoms with van der Waals surface area (Å²) < 4.78 is 9.34. The van der Waals surface area contributed by atoms with Crippen LogP contribution < -0.4 is 0 Å². The van der Waals surface area contributed by atoms with Crippen LogP contribution in [-0.2, 0) is 17.7 Å². The second-order valence-corrected chi connectivity index (χ2v) is 8.02. The molecule has 3 heterocycles. The average molecular weight is 408 g/mol. The third-order valence-corrected chi connectivity index (χ3v) is 6.34. The largest absolute Gasteiger partial charge is 0.464 e. The predicted octanol–water partition coefficient (Wildman–Crippen LogP) is 5.01. The van der Waals surface area contributed by atoms with Crippen LogP contribution in [0.4, 0.5) is 0 Å². The maximum Gasteiger partial charge on any atom is 0.355 e. The molecule has 6 rings (SSSR count). The summed E-state index contributed by atoms with van der Waals surface area (Å²) in [6.45, 7) is 0.696. The molecule has 2 aromatic carbocycles. The van der Waals surface area contributed by atoms with Crippen LogP contribution >= 0.6 is 0 Å². The number of pyridine rings is 1. The van der Waals surface area contributed by atoms with Gasteiger partial charge in [0.1, 0.15) is 5.69 Å². The summed E-state index contributed by atoms with van der Waals surface area (Å²) in [4.78, 5) is 25.3. The van der Waals surface area contributed by atoms with Crippen molar-refractivity contribution in [2.75, 3.05) is 7.11 Å². The molecule has 1 aliphatic rings. The molecule has 0 amide bonds. The first-order valence-electron chi connectivity index (χ1n) is 10.4. The van der Waals surface area contributed by atoms with Gasteiger partial charge in [0.2, 0.25) is 0 Å². The fraction of sp³-hybridized carbons (Fsp3) is 0.154. The van der Waals surface area contributed by atoms with Crippen molar-refractivity contribution in [1.29, 1.82) is 0 Å². The number of hydrogen-bond acceptors (Lipinski definition) is 3. The van der Waals surface area contributed by atoms with E-state index in [1.807, 2.05) is 46.9 Å². The van der Waals surface area contributed by atoms with Gasteiger partial charge in [0.05, 0.1) is 18.1 Å². The van der Waals surface area contributed by atoms with Crippen LogP contribution in [-0.4, -0.2) is 27.8 Å². The minimum atomic E-state index is -0.399. The van der Waals surface area contributed by atoms with Crippen molar-refractivity contribution in [3.63, 3.8) is 0 Å². The maximum atomic E-state index is 12.7. The number of aryl methyl sites for hydroxylation is 1. The van der Waals surface area contributed by atoms with Crippen LogP contribution in [0.3, 0.4) is 0 Å². The van der Waals surface area contributed by atoms with Gasteiger partial charge in [-0.05, 0) is 30.2 Å². The summed E-state index contributed by atoms with van der Waals surface area (Å²) in [5.74, 6) is -0.266. The number of carbonyl (C=O) groups is 2. The number of aromatic nitrogens is 2. The number of methoxy groups -OCH3 is 1. The van der Waals surface area contributed by atoms with Crippen LogP contribution in [0.25, 0.3) is 27.3 Å². The summed E-state index contributed by atoms with van der Waals surface area (Å²) in [6, 6.07) is 22.4. The SMILES string of the molecule is COC(=O)c1cc2c3ccccc3n(Cc3ccccc3)c2c2cc3c(n12)CCC3=O. The van der Waals surface area contributed by atoms with E-state index in [4.69, 9.17) is 4.74 Å². The smallest absolute Gasteiger partial charge is 0.355 e. The van der Waals surface area contributed by atoms with Gasteiger partial charge < -0.3 is 13.7 Å². The van der Waals surface area contributed by atoms with Gasteiger partial charge in [-0.15, -0.1) is 0 Å². The molecule has 0 atom stereocenters. The molecule has 0 aliphatic heterocycles. The maximum absolute atomic E-state index is 12.7. The van der Waals surface area contributed by atoms with Crippen molar-refractivity contribution in [2.24, 2.45) is 0 Å². The van der Waals surface area contributed by atoms with Crippen LogP contribution in [0, 0.1) is 0 Å². The van der Waals surface area contributed by atoms with Crippen LogP contribution in [0.2, 0.25) is 0 Å². The lowest BCUT2D eigenvalue weighted by Crippen LogP contribution is -2.10. The Morgan fingerprint density at radius 2 is 1.71 bits per heavy atom. The zero-order chi connectivity index (χ0) is 21.1. The van der Waals surface area contributed by atoms with Gasteiger partial charge >= 0.3 is 5.97 Å². The van der Waals surface area contributed by atoms with Crippen LogP contribution in [0.5, 0.6) is 0 Å². The predicted molar refractivity (Wildman–Crippen MR) is 120 cm³/mol. The molecule has 5 heteroatoms. The molecular formula is C26H20N2O3. The summed E-state index contributed by atoms with van der Waals surface area (Å²) in [6.07, 6.45) is 1.12. The number of fused-ring (bicyclic) bond motifs is 7. The summed E-state index contributed by atoms with van der Waals surface area (Å²) in [5.41, 5.74) is 6.27. The van der Waals surface area contributed by atoms with Gasteiger partial charge in [0.25, 0.3) is 0 Å². The minimum Gasteiger partial charge on any atom is -0.464 e. The second-order valence-electron chi connectivity index (χ2n) is 8.02. The molecule has 0 radical (unpaired) electrons. The van der Waals surface area contributed by atoms with Crippen molar-refractivity contribution in [1.82, 2.24) is 8.97 Å². The fourth-order valence-corrected chi connectivity index (χ4v) is 4.99. The zero-order valence-corrected chi connectivity index (χ0v) is 17.1. The van der Waals surface area contributed by atoms with Crippen molar-refractivity contribution in [2.45, 2.75) is 19.4 Å². The Morgan fingerprint density at radius 3 is 2.52 bits per heavy atom. The number of esters is 1. The Labute approximate surface area is 178 Å². The number of nitrogens with zero attached hydrogens (tertiary/aromatic N) is 2. The van der Waals surface area contributed by atoms with Gasteiger partial charge in [0, 0.05) is 40.5 Å². The first-order chi connectivity index (χ1) is 15.2. The van der Waals surface area contributed by atoms with Gasteiger partial charge in [0.15, 0.2) is 5.78 Å². The lowest BCUT2D eigenvalue weighted by molar-refractivity contribution is 0.0592. The first-order valence-corrected chi connectivity index (χ1v) is 10.4. The highest BCUT2D eigenvalue weighted by molar-refractivity contribution is 6.16. The van der Waals surface area contributed by atoms with Crippen molar-refractivity contribution >= 4 is 39.1 Å². The molecule has 5 aromatic rings. The Hall–Kier alpha value is -3.86. The Bertz CT molecular complexity index is 1520. The molecule has 0 unspecified atom stereocenters. The van der Waals surface area contributed by atoms with Crippen molar-refractivity contribution in [3.8, 4) is 0 Å². The number of rotatable bonds is 3. The van der Waals surface area contributed by atoms with E-state index in [-0.39, 0.29) is 5.78 Å². The van der Waals surface area contributed by atoms with E-state index in [0.29, 0.717) is 30.6 Å². The molecule has 0 N–H and O–H groups in total. The quantitative estimate of drug-likeness (QED) is 0.394. The Balaban J connectivity index is 1.79. The van der Waals surface area contributed by atoms with E-state index in [9.17, 15) is 9.59 Å². The van der Waals surface area contributed by atoms with Gasteiger partial charge in [-0.1, -0.05) is 48.5 Å². The summed E-state index contributed by atoms with van der Waals surface area (Å²) in [7, 11) is 1.39. The van der Waals surface area contributed by atoms with Crippen molar-refractivity contribution in [3.05, 3.63) is 89.2 Å². The van der Waals surface area contributed by atoms with Crippen LogP contribution in [0.1, 0.15) is 38.5 Å². The third-order valence-electron chi connectivity index (χ3n) is 6.34. The molecule has 5 nitrogen and oxygen atoms in total. The summed E-state index contributed by atoms with van der Waals surface area (Å²) in [5, 5.41) is 2.07. The normalized spacial score (nSPS) is 13.4. The second kappa shape index (κ2) is 6.57. The molecule has 0 spiro atoms. The monoisotopic (exact) mass is 408 g/mol. The van der Waals surface area contributed by atoms with Gasteiger partial charge in [-0.2, -0.15) is 0 Å². The van der Waals surface area contributed by atoms with E-state index in [0.717, 1.165) is 33.0 Å². The zero-order valence-electron chi connectivity index (χ0n) is 17.1. The lowest BCUT2D eigenvalue weighted by Gasteiger charge is -2.12. The topological polar surface area (TPSA) is 52.7 Å². The number of carbonyl (C=O) groups excluding carboxylic acids is 2. The Morgan fingerprint density at radius 1 is 0.935 bits per heavy atom. The van der Waals surface area contributed by atoms with E-state index in [1.54, 1.807) is 0 Å².